The van der Waals surface area contributed by atoms with E-state index in [-0.39, 0.29) is 17.0 Å². The van der Waals surface area contributed by atoms with Crippen molar-refractivity contribution in [3.63, 3.8) is 0 Å². The van der Waals surface area contributed by atoms with Crippen molar-refractivity contribution in [2.24, 2.45) is 0 Å². The van der Waals surface area contributed by atoms with Gasteiger partial charge in [0.1, 0.15) is 5.75 Å². The van der Waals surface area contributed by atoms with Crippen molar-refractivity contribution in [1.82, 2.24) is 0 Å². The molecule has 1 atom stereocenters. The molecule has 0 spiro atoms. The summed E-state index contributed by atoms with van der Waals surface area (Å²) < 4.78 is 5.03. The van der Waals surface area contributed by atoms with Gasteiger partial charge in [-0.05, 0) is 25.1 Å². The van der Waals surface area contributed by atoms with Gasteiger partial charge in [0.25, 0.3) is 0 Å². The van der Waals surface area contributed by atoms with E-state index in [1.807, 2.05) is 0 Å². The summed E-state index contributed by atoms with van der Waals surface area (Å²) in [4.78, 5) is 22.0. The number of halogens is 1. The summed E-state index contributed by atoms with van der Waals surface area (Å²) in [6.07, 6.45) is -0.277. The van der Waals surface area contributed by atoms with E-state index < -0.39 is 5.97 Å². The number of hydrogen-bond acceptors (Lipinski definition) is 4. The number of Topliss-reactive ketones (excluding diaryl/α,β-unsaturated/α-hetero) is 1. The Labute approximate surface area is 108 Å². The van der Waals surface area contributed by atoms with Crippen molar-refractivity contribution in [2.45, 2.75) is 18.2 Å². The molecular weight excluding hydrogens is 288 g/mol. The number of rotatable bonds is 5. The van der Waals surface area contributed by atoms with Gasteiger partial charge in [-0.1, -0.05) is 15.9 Å². The normalized spacial score (nSPS) is 11.9. The maximum Gasteiger partial charge on any atom is 0.176 e. The number of ketones is 1. The minimum absolute atomic E-state index is 0.104. The summed E-state index contributed by atoms with van der Waals surface area (Å²) in [7, 11) is 1.45. The van der Waals surface area contributed by atoms with E-state index >= 15 is 0 Å². The molecule has 1 aromatic carbocycles. The van der Waals surface area contributed by atoms with Crippen molar-refractivity contribution in [1.29, 1.82) is 0 Å². The number of carbonyl (C=O) groups excluding carboxylic acids is 2. The van der Waals surface area contributed by atoms with Gasteiger partial charge in [-0.3, -0.25) is 4.79 Å². The van der Waals surface area contributed by atoms with E-state index in [9.17, 15) is 14.7 Å². The third kappa shape index (κ3) is 3.56. The largest absolute Gasteiger partial charge is 0.550 e. The lowest BCUT2D eigenvalue weighted by molar-refractivity contribution is -0.304. The molecule has 0 N–H and O–H groups in total. The fourth-order valence-corrected chi connectivity index (χ4v) is 1.72. The summed E-state index contributed by atoms with van der Waals surface area (Å²) >= 11 is 3.18. The average molecular weight is 300 g/mol. The molecule has 0 aliphatic heterocycles. The summed E-state index contributed by atoms with van der Waals surface area (Å²) in [5, 5.41) is 10.6. The Hall–Kier alpha value is -1.36. The standard InChI is InChI=1S/C12H13BrO4/c1-7(13)12(16)8-3-4-10(17-2)9(5-8)6-11(14)15/h3-5,7H,6H2,1-2H3,(H,14,15)/p-1. The molecule has 0 aromatic heterocycles. The van der Waals surface area contributed by atoms with Crippen LogP contribution in [0.15, 0.2) is 18.2 Å². The lowest BCUT2D eigenvalue weighted by Crippen LogP contribution is -2.24. The molecule has 92 valence electrons. The number of carboxylic acid groups (broad SMARTS) is 1. The van der Waals surface area contributed by atoms with E-state index in [4.69, 9.17) is 4.74 Å². The van der Waals surface area contributed by atoms with Gasteiger partial charge in [0, 0.05) is 23.5 Å². The zero-order valence-corrected chi connectivity index (χ0v) is 11.1. The second-order valence-corrected chi connectivity index (χ2v) is 4.93. The molecule has 0 radical (unpaired) electrons. The molecule has 4 nitrogen and oxygen atoms in total. The predicted octanol–water partition coefficient (Wildman–Crippen LogP) is 0.954. The van der Waals surface area contributed by atoms with Crippen LogP contribution in [-0.2, 0) is 11.2 Å². The third-order valence-electron chi connectivity index (χ3n) is 2.26. The van der Waals surface area contributed by atoms with Gasteiger partial charge in [-0.15, -0.1) is 0 Å². The Morgan fingerprint density at radius 2 is 2.12 bits per heavy atom. The number of hydrogen-bond donors (Lipinski definition) is 0. The second kappa shape index (κ2) is 5.82. The molecule has 0 aliphatic carbocycles. The van der Waals surface area contributed by atoms with Crippen LogP contribution in [0.3, 0.4) is 0 Å². The molecule has 17 heavy (non-hydrogen) atoms. The van der Waals surface area contributed by atoms with Crippen LogP contribution >= 0.6 is 15.9 Å². The minimum Gasteiger partial charge on any atom is -0.550 e. The number of carboxylic acids is 1. The van der Waals surface area contributed by atoms with Crippen molar-refractivity contribution in [2.75, 3.05) is 7.11 Å². The zero-order chi connectivity index (χ0) is 13.0. The SMILES string of the molecule is COc1ccc(C(=O)C(C)Br)cc1CC(=O)[O-]. The fraction of sp³-hybridized carbons (Fsp3) is 0.333. The Morgan fingerprint density at radius 3 is 2.59 bits per heavy atom. The first kappa shape index (κ1) is 13.7. The van der Waals surface area contributed by atoms with Gasteiger partial charge >= 0.3 is 0 Å². The molecule has 0 bridgehead atoms. The van der Waals surface area contributed by atoms with Crippen molar-refractivity contribution in [3.05, 3.63) is 29.3 Å². The maximum absolute atomic E-state index is 11.7. The number of methoxy groups -OCH3 is 1. The summed E-state index contributed by atoms with van der Waals surface area (Å²) in [6.45, 7) is 1.71. The molecule has 0 heterocycles. The molecule has 1 unspecified atom stereocenters. The molecule has 0 saturated carbocycles. The maximum atomic E-state index is 11.7. The van der Waals surface area contributed by atoms with E-state index in [1.54, 1.807) is 19.1 Å². The molecular formula is C12H12BrO4-. The van der Waals surface area contributed by atoms with E-state index in [2.05, 4.69) is 15.9 Å². The number of benzene rings is 1. The number of aliphatic carboxylic acids is 1. The van der Waals surface area contributed by atoms with Crippen LogP contribution in [0.4, 0.5) is 0 Å². The Bertz CT molecular complexity index is 440. The van der Waals surface area contributed by atoms with Crippen molar-refractivity contribution < 1.29 is 19.4 Å². The molecule has 0 fully saturated rings. The average Bonchev–Trinajstić information content (AvgIpc) is 2.27. The summed E-state index contributed by atoms with van der Waals surface area (Å²) in [6, 6.07) is 4.72. The van der Waals surface area contributed by atoms with Crippen LogP contribution in [0.1, 0.15) is 22.8 Å². The van der Waals surface area contributed by atoms with Gasteiger partial charge in [0.15, 0.2) is 5.78 Å². The highest BCUT2D eigenvalue weighted by Gasteiger charge is 2.14. The van der Waals surface area contributed by atoms with E-state index in [0.29, 0.717) is 16.9 Å². The lowest BCUT2D eigenvalue weighted by Gasteiger charge is -2.11. The quantitative estimate of drug-likeness (QED) is 0.600. The van der Waals surface area contributed by atoms with Crippen LogP contribution in [0, 0.1) is 0 Å². The first-order valence-corrected chi connectivity index (χ1v) is 5.92. The Morgan fingerprint density at radius 1 is 1.47 bits per heavy atom. The summed E-state index contributed by atoms with van der Waals surface area (Å²) in [5.41, 5.74) is 0.887. The Kier molecular flexibility index (Phi) is 4.69. The van der Waals surface area contributed by atoms with Crippen LogP contribution in [0.2, 0.25) is 0 Å². The molecule has 0 saturated heterocycles. The highest BCUT2D eigenvalue weighted by atomic mass is 79.9. The zero-order valence-electron chi connectivity index (χ0n) is 9.53. The molecule has 0 aliphatic rings. The number of carbonyl (C=O) groups is 2. The summed E-state index contributed by atoms with van der Waals surface area (Å²) in [5.74, 6) is -0.875. The first-order valence-electron chi connectivity index (χ1n) is 5.00. The van der Waals surface area contributed by atoms with Gasteiger partial charge < -0.3 is 14.6 Å². The van der Waals surface area contributed by atoms with Gasteiger partial charge in [-0.25, -0.2) is 0 Å². The van der Waals surface area contributed by atoms with Crippen molar-refractivity contribution in [3.8, 4) is 5.75 Å². The van der Waals surface area contributed by atoms with Gasteiger partial charge in [0.2, 0.25) is 0 Å². The molecule has 0 amide bonds. The van der Waals surface area contributed by atoms with Gasteiger partial charge in [0.05, 0.1) is 11.9 Å². The molecule has 5 heteroatoms. The topological polar surface area (TPSA) is 66.4 Å². The van der Waals surface area contributed by atoms with Gasteiger partial charge in [-0.2, -0.15) is 0 Å². The lowest BCUT2D eigenvalue weighted by atomic mass is 10.0. The highest BCUT2D eigenvalue weighted by molar-refractivity contribution is 9.10. The van der Waals surface area contributed by atoms with Crippen LogP contribution in [-0.4, -0.2) is 23.7 Å². The van der Waals surface area contributed by atoms with Crippen LogP contribution in [0.25, 0.3) is 0 Å². The smallest absolute Gasteiger partial charge is 0.176 e. The second-order valence-electron chi connectivity index (χ2n) is 3.56. The molecule has 1 rings (SSSR count). The van der Waals surface area contributed by atoms with E-state index in [0.717, 1.165) is 0 Å². The first-order chi connectivity index (χ1) is 7.95. The minimum atomic E-state index is -1.21. The predicted molar refractivity (Wildman–Crippen MR) is 64.4 cm³/mol. The third-order valence-corrected chi connectivity index (χ3v) is 2.68. The number of ether oxygens (including phenoxy) is 1. The van der Waals surface area contributed by atoms with Crippen LogP contribution in [0.5, 0.6) is 5.75 Å². The highest BCUT2D eigenvalue weighted by Crippen LogP contribution is 2.22. The monoisotopic (exact) mass is 299 g/mol. The van der Waals surface area contributed by atoms with Crippen LogP contribution < -0.4 is 9.84 Å². The molecule has 1 aromatic rings. The fourth-order valence-electron chi connectivity index (χ4n) is 1.46. The number of alkyl halides is 1. The Balaban J connectivity index is 3.12. The van der Waals surface area contributed by atoms with E-state index in [1.165, 1.54) is 13.2 Å². The van der Waals surface area contributed by atoms with Crippen molar-refractivity contribution >= 4 is 27.7 Å².